The van der Waals surface area contributed by atoms with Crippen molar-refractivity contribution >= 4 is 12.6 Å². The highest BCUT2D eigenvalue weighted by Crippen LogP contribution is 2.24. The van der Waals surface area contributed by atoms with Crippen molar-refractivity contribution in [2.24, 2.45) is 0 Å². The fourth-order valence-corrected chi connectivity index (χ4v) is 2.87. The zero-order valence-electron chi connectivity index (χ0n) is 15.6. The second kappa shape index (κ2) is 8.73. The molecule has 0 saturated carbocycles. The first-order valence-corrected chi connectivity index (χ1v) is 8.78. The van der Waals surface area contributed by atoms with E-state index in [-0.39, 0.29) is 5.75 Å². The molecular formula is C20H19BF3NO4. The monoisotopic (exact) mass is 405 g/mol. The van der Waals surface area contributed by atoms with Crippen molar-refractivity contribution in [1.82, 2.24) is 4.90 Å². The Morgan fingerprint density at radius 1 is 0.931 bits per heavy atom. The highest BCUT2D eigenvalue weighted by molar-refractivity contribution is 6.58. The standard InChI is InChI=1S/C20H19BF3NO4/c1-25(12-14-2-8-17(9-3-14)29-20(22,23)24)13-18-10-11-19(28-18)15-4-6-16(7-5-15)21(26)27/h2-11,26-27H,12-13H2,1H3. The lowest BCUT2D eigenvalue weighted by molar-refractivity contribution is -0.274. The molecule has 3 aromatic rings. The SMILES string of the molecule is CN(Cc1ccc(OC(F)(F)F)cc1)Cc1ccc(-c2ccc(B(O)O)cc2)o1. The summed E-state index contributed by atoms with van der Waals surface area (Å²) >= 11 is 0. The van der Waals surface area contributed by atoms with Gasteiger partial charge >= 0.3 is 13.5 Å². The lowest BCUT2D eigenvalue weighted by Crippen LogP contribution is -2.29. The fourth-order valence-electron chi connectivity index (χ4n) is 2.87. The van der Waals surface area contributed by atoms with Crippen LogP contribution < -0.4 is 10.2 Å². The number of halogens is 3. The molecule has 0 aliphatic heterocycles. The van der Waals surface area contributed by atoms with Crippen LogP contribution in [0, 0.1) is 0 Å². The molecule has 0 unspecified atom stereocenters. The van der Waals surface area contributed by atoms with Gasteiger partial charge in [-0.25, -0.2) is 0 Å². The lowest BCUT2D eigenvalue weighted by atomic mass is 9.80. The molecule has 9 heteroatoms. The van der Waals surface area contributed by atoms with Crippen molar-refractivity contribution in [2.45, 2.75) is 19.5 Å². The molecule has 0 amide bonds. The molecule has 3 rings (SSSR count). The van der Waals surface area contributed by atoms with E-state index in [2.05, 4.69) is 4.74 Å². The normalized spacial score (nSPS) is 11.7. The van der Waals surface area contributed by atoms with Gasteiger partial charge in [-0.1, -0.05) is 36.4 Å². The highest BCUT2D eigenvalue weighted by Gasteiger charge is 2.30. The Morgan fingerprint density at radius 2 is 1.59 bits per heavy atom. The van der Waals surface area contributed by atoms with Gasteiger partial charge < -0.3 is 19.2 Å². The molecule has 0 atom stereocenters. The summed E-state index contributed by atoms with van der Waals surface area (Å²) < 4.78 is 46.3. The molecule has 0 bridgehead atoms. The topological polar surface area (TPSA) is 66.1 Å². The number of hydrogen-bond acceptors (Lipinski definition) is 5. The predicted octanol–water partition coefficient (Wildman–Crippen LogP) is 3.16. The molecule has 0 aliphatic rings. The third-order valence-electron chi connectivity index (χ3n) is 4.19. The van der Waals surface area contributed by atoms with E-state index in [9.17, 15) is 13.2 Å². The quantitative estimate of drug-likeness (QED) is 0.592. The van der Waals surface area contributed by atoms with Crippen LogP contribution in [0.25, 0.3) is 11.3 Å². The van der Waals surface area contributed by atoms with Gasteiger partial charge in [-0.15, -0.1) is 13.2 Å². The van der Waals surface area contributed by atoms with Crippen LogP contribution in [0.4, 0.5) is 13.2 Å². The molecule has 0 aliphatic carbocycles. The van der Waals surface area contributed by atoms with E-state index in [0.29, 0.717) is 24.3 Å². The molecule has 5 nitrogen and oxygen atoms in total. The second-order valence-corrected chi connectivity index (χ2v) is 6.63. The number of ether oxygens (including phenoxy) is 1. The van der Waals surface area contributed by atoms with Crippen LogP contribution in [0.5, 0.6) is 5.75 Å². The number of benzene rings is 2. The number of hydrogen-bond donors (Lipinski definition) is 2. The van der Waals surface area contributed by atoms with Gasteiger partial charge in [0.15, 0.2) is 0 Å². The molecule has 152 valence electrons. The molecule has 1 heterocycles. The van der Waals surface area contributed by atoms with Crippen molar-refractivity contribution in [3.63, 3.8) is 0 Å². The van der Waals surface area contributed by atoms with Gasteiger partial charge in [0.05, 0.1) is 6.54 Å². The third-order valence-corrected chi connectivity index (χ3v) is 4.19. The zero-order valence-corrected chi connectivity index (χ0v) is 15.6. The van der Waals surface area contributed by atoms with Gasteiger partial charge in [-0.3, -0.25) is 4.90 Å². The number of nitrogens with zero attached hydrogens (tertiary/aromatic N) is 1. The maximum absolute atomic E-state index is 12.2. The van der Waals surface area contributed by atoms with Gasteiger partial charge in [0.1, 0.15) is 17.3 Å². The summed E-state index contributed by atoms with van der Waals surface area (Å²) in [6.45, 7) is 1.03. The second-order valence-electron chi connectivity index (χ2n) is 6.63. The molecule has 1 aromatic heterocycles. The molecule has 0 fully saturated rings. The van der Waals surface area contributed by atoms with Crippen LogP contribution >= 0.6 is 0 Å². The van der Waals surface area contributed by atoms with Crippen molar-refractivity contribution in [3.05, 3.63) is 72.0 Å². The van der Waals surface area contributed by atoms with Crippen molar-refractivity contribution in [3.8, 4) is 17.1 Å². The first-order chi connectivity index (χ1) is 13.7. The molecule has 0 saturated heterocycles. The first-order valence-electron chi connectivity index (χ1n) is 8.78. The Hall–Kier alpha value is -2.75. The molecular weight excluding hydrogens is 386 g/mol. The largest absolute Gasteiger partial charge is 0.573 e. The Balaban J connectivity index is 1.58. The van der Waals surface area contributed by atoms with Crippen LogP contribution in [0.1, 0.15) is 11.3 Å². The Bertz CT molecular complexity index is 924. The Labute approximate surface area is 166 Å². The van der Waals surface area contributed by atoms with E-state index in [1.54, 1.807) is 36.4 Å². The zero-order chi connectivity index (χ0) is 21.0. The van der Waals surface area contributed by atoms with E-state index >= 15 is 0 Å². The van der Waals surface area contributed by atoms with Crippen molar-refractivity contribution in [2.75, 3.05) is 7.05 Å². The summed E-state index contributed by atoms with van der Waals surface area (Å²) in [4.78, 5) is 1.97. The van der Waals surface area contributed by atoms with Gasteiger partial charge in [-0.05, 0) is 42.3 Å². The van der Waals surface area contributed by atoms with Crippen molar-refractivity contribution in [1.29, 1.82) is 0 Å². The maximum atomic E-state index is 12.2. The average molecular weight is 405 g/mol. The maximum Gasteiger partial charge on any atom is 0.573 e. The number of alkyl halides is 3. The van der Waals surface area contributed by atoms with Gasteiger partial charge in [0.2, 0.25) is 0 Å². The van der Waals surface area contributed by atoms with Gasteiger partial charge in [0, 0.05) is 12.1 Å². The van der Waals surface area contributed by atoms with Crippen molar-refractivity contribution < 1.29 is 32.4 Å². The fraction of sp³-hybridized carbons (Fsp3) is 0.200. The summed E-state index contributed by atoms with van der Waals surface area (Å²) in [5.74, 6) is 1.13. The van der Waals surface area contributed by atoms with Crippen LogP contribution in [-0.2, 0) is 13.1 Å². The Morgan fingerprint density at radius 3 is 2.17 bits per heavy atom. The minimum absolute atomic E-state index is 0.251. The summed E-state index contributed by atoms with van der Waals surface area (Å²) in [6.07, 6.45) is -4.70. The summed E-state index contributed by atoms with van der Waals surface area (Å²) in [5, 5.41) is 18.3. The number of rotatable bonds is 7. The molecule has 2 aromatic carbocycles. The summed E-state index contributed by atoms with van der Waals surface area (Å²) in [7, 11) is 0.360. The van der Waals surface area contributed by atoms with Crippen LogP contribution in [-0.4, -0.2) is 35.5 Å². The smallest absolute Gasteiger partial charge is 0.460 e. The van der Waals surface area contributed by atoms with E-state index < -0.39 is 13.5 Å². The van der Waals surface area contributed by atoms with Crippen LogP contribution in [0.2, 0.25) is 0 Å². The third kappa shape index (κ3) is 6.12. The predicted molar refractivity (Wildman–Crippen MR) is 102 cm³/mol. The molecule has 0 spiro atoms. The average Bonchev–Trinajstić information content (AvgIpc) is 3.10. The minimum atomic E-state index is -4.70. The molecule has 2 N–H and O–H groups in total. The summed E-state index contributed by atoms with van der Waals surface area (Å²) in [5.41, 5.74) is 2.04. The highest BCUT2D eigenvalue weighted by atomic mass is 19.4. The van der Waals surface area contributed by atoms with Crippen LogP contribution in [0.3, 0.4) is 0 Å². The molecule has 0 radical (unpaired) electrons. The van der Waals surface area contributed by atoms with Gasteiger partial charge in [-0.2, -0.15) is 0 Å². The summed E-state index contributed by atoms with van der Waals surface area (Å²) in [6, 6.07) is 16.1. The minimum Gasteiger partial charge on any atom is -0.460 e. The number of furan rings is 1. The van der Waals surface area contributed by atoms with E-state index in [4.69, 9.17) is 14.5 Å². The van der Waals surface area contributed by atoms with Gasteiger partial charge in [0.25, 0.3) is 0 Å². The molecule has 29 heavy (non-hydrogen) atoms. The van der Waals surface area contributed by atoms with E-state index in [1.165, 1.54) is 12.1 Å². The van der Waals surface area contributed by atoms with Crippen LogP contribution in [0.15, 0.2) is 65.1 Å². The first kappa shape index (κ1) is 21.0. The van der Waals surface area contributed by atoms with E-state index in [1.807, 2.05) is 24.1 Å². The Kier molecular flexibility index (Phi) is 6.31. The lowest BCUT2D eigenvalue weighted by Gasteiger charge is -2.16. The van der Waals surface area contributed by atoms with E-state index in [0.717, 1.165) is 16.9 Å².